The number of aromatic amines is 1. The molecule has 2 aliphatic rings. The minimum absolute atomic E-state index is 0.0250. The molecule has 2 aromatic rings. The number of methoxy groups -OCH3 is 2. The first-order valence-corrected chi connectivity index (χ1v) is 9.96. The molecule has 0 aliphatic carbocycles. The SMILES string of the molecule is CC[C@@H]1CN2CCc3c([nH]c4cccc(OC)c34)[C@@H]2C[C@@H]1/C(=C\O)C(=O)OC. The van der Waals surface area contributed by atoms with E-state index in [9.17, 15) is 9.90 Å². The zero-order chi connectivity index (χ0) is 19.8. The molecule has 1 saturated heterocycles. The van der Waals surface area contributed by atoms with E-state index in [0.29, 0.717) is 11.5 Å². The van der Waals surface area contributed by atoms with Gasteiger partial charge in [-0.25, -0.2) is 4.79 Å². The molecular weight excluding hydrogens is 356 g/mol. The molecule has 2 aliphatic heterocycles. The van der Waals surface area contributed by atoms with E-state index in [2.05, 4.69) is 22.9 Å². The van der Waals surface area contributed by atoms with Gasteiger partial charge in [-0.2, -0.15) is 0 Å². The first-order chi connectivity index (χ1) is 13.6. The van der Waals surface area contributed by atoms with Crippen molar-refractivity contribution in [1.82, 2.24) is 9.88 Å². The molecule has 6 heteroatoms. The number of aliphatic hydroxyl groups is 1. The van der Waals surface area contributed by atoms with Gasteiger partial charge in [-0.15, -0.1) is 0 Å². The maximum atomic E-state index is 12.2. The van der Waals surface area contributed by atoms with Crippen LogP contribution in [0.25, 0.3) is 10.9 Å². The van der Waals surface area contributed by atoms with Gasteiger partial charge in [0.1, 0.15) is 5.75 Å². The smallest absolute Gasteiger partial charge is 0.337 e. The Labute approximate surface area is 165 Å². The fourth-order valence-electron chi connectivity index (χ4n) is 5.17. The molecule has 0 bridgehead atoms. The average Bonchev–Trinajstić information content (AvgIpc) is 3.12. The number of fused-ring (bicyclic) bond motifs is 5. The molecule has 28 heavy (non-hydrogen) atoms. The van der Waals surface area contributed by atoms with Crippen LogP contribution in [0.3, 0.4) is 0 Å². The van der Waals surface area contributed by atoms with E-state index in [0.717, 1.165) is 49.9 Å². The van der Waals surface area contributed by atoms with E-state index in [4.69, 9.17) is 9.47 Å². The zero-order valence-corrected chi connectivity index (χ0v) is 16.7. The van der Waals surface area contributed by atoms with Gasteiger partial charge in [0.15, 0.2) is 0 Å². The van der Waals surface area contributed by atoms with E-state index >= 15 is 0 Å². The molecule has 0 saturated carbocycles. The van der Waals surface area contributed by atoms with Crippen LogP contribution in [-0.4, -0.2) is 48.3 Å². The topological polar surface area (TPSA) is 74.8 Å². The van der Waals surface area contributed by atoms with Crippen LogP contribution in [0.1, 0.15) is 37.1 Å². The summed E-state index contributed by atoms with van der Waals surface area (Å²) in [5.41, 5.74) is 4.00. The number of H-pyrrole nitrogens is 1. The van der Waals surface area contributed by atoms with Gasteiger partial charge in [-0.1, -0.05) is 19.4 Å². The number of hydrogen-bond acceptors (Lipinski definition) is 5. The molecule has 3 atom stereocenters. The summed E-state index contributed by atoms with van der Waals surface area (Å²) in [6, 6.07) is 6.28. The quantitative estimate of drug-likeness (QED) is 0.477. The Bertz CT molecular complexity index is 917. The fourth-order valence-corrected chi connectivity index (χ4v) is 5.17. The summed E-state index contributed by atoms with van der Waals surface area (Å²) in [5, 5.41) is 10.9. The molecule has 3 heterocycles. The summed E-state index contributed by atoms with van der Waals surface area (Å²) in [6.45, 7) is 4.04. The number of aromatic nitrogens is 1. The molecule has 6 nitrogen and oxygen atoms in total. The van der Waals surface area contributed by atoms with Crippen molar-refractivity contribution in [2.75, 3.05) is 27.3 Å². The fraction of sp³-hybridized carbons (Fsp3) is 0.500. The van der Waals surface area contributed by atoms with Crippen LogP contribution in [0.4, 0.5) is 0 Å². The number of benzene rings is 1. The number of rotatable bonds is 4. The van der Waals surface area contributed by atoms with Gasteiger partial charge in [0.25, 0.3) is 0 Å². The maximum Gasteiger partial charge on any atom is 0.337 e. The monoisotopic (exact) mass is 384 g/mol. The summed E-state index contributed by atoms with van der Waals surface area (Å²) in [4.78, 5) is 18.4. The summed E-state index contributed by atoms with van der Waals surface area (Å²) in [5.74, 6) is 0.749. The third-order valence-corrected chi connectivity index (χ3v) is 6.56. The molecule has 1 fully saturated rings. The van der Waals surface area contributed by atoms with Crippen molar-refractivity contribution in [3.05, 3.63) is 41.3 Å². The second-order valence-electron chi connectivity index (χ2n) is 7.75. The Kier molecular flexibility index (Phi) is 5.06. The van der Waals surface area contributed by atoms with E-state index < -0.39 is 5.97 Å². The van der Waals surface area contributed by atoms with Gasteiger partial charge in [0.2, 0.25) is 0 Å². The lowest BCUT2D eigenvalue weighted by Crippen LogP contribution is -2.46. The van der Waals surface area contributed by atoms with E-state index in [1.807, 2.05) is 12.1 Å². The Hall–Kier alpha value is -2.47. The number of hydrogen-bond donors (Lipinski definition) is 2. The Balaban J connectivity index is 1.76. The molecule has 1 aromatic heterocycles. The lowest BCUT2D eigenvalue weighted by atomic mass is 9.74. The van der Waals surface area contributed by atoms with Crippen LogP contribution in [0.2, 0.25) is 0 Å². The molecule has 2 N–H and O–H groups in total. The summed E-state index contributed by atoms with van der Waals surface area (Å²) < 4.78 is 10.5. The highest BCUT2D eigenvalue weighted by molar-refractivity contribution is 5.91. The molecule has 1 aromatic carbocycles. The Morgan fingerprint density at radius 1 is 1.39 bits per heavy atom. The highest BCUT2D eigenvalue weighted by atomic mass is 16.5. The second-order valence-corrected chi connectivity index (χ2v) is 7.75. The van der Waals surface area contributed by atoms with Crippen LogP contribution in [-0.2, 0) is 16.0 Å². The minimum atomic E-state index is -0.436. The van der Waals surface area contributed by atoms with E-state index in [1.54, 1.807) is 7.11 Å². The van der Waals surface area contributed by atoms with Crippen molar-refractivity contribution in [2.24, 2.45) is 11.8 Å². The van der Waals surface area contributed by atoms with Crippen LogP contribution in [0, 0.1) is 11.8 Å². The van der Waals surface area contributed by atoms with Crippen LogP contribution >= 0.6 is 0 Å². The predicted octanol–water partition coefficient (Wildman–Crippen LogP) is 3.74. The van der Waals surface area contributed by atoms with Gasteiger partial charge in [0, 0.05) is 29.7 Å². The van der Waals surface area contributed by atoms with Gasteiger partial charge >= 0.3 is 5.97 Å². The molecule has 0 radical (unpaired) electrons. The first kappa shape index (κ1) is 18.9. The zero-order valence-electron chi connectivity index (χ0n) is 16.7. The van der Waals surface area contributed by atoms with Gasteiger partial charge < -0.3 is 19.6 Å². The van der Waals surface area contributed by atoms with Crippen molar-refractivity contribution < 1.29 is 19.4 Å². The third-order valence-electron chi connectivity index (χ3n) is 6.56. The largest absolute Gasteiger partial charge is 0.515 e. The maximum absolute atomic E-state index is 12.2. The highest BCUT2D eigenvalue weighted by Gasteiger charge is 2.42. The number of carbonyl (C=O) groups excluding carboxylic acids is 1. The summed E-state index contributed by atoms with van der Waals surface area (Å²) in [6.07, 6.45) is 3.66. The molecule has 4 rings (SSSR count). The van der Waals surface area contributed by atoms with Crippen molar-refractivity contribution >= 4 is 16.9 Å². The normalized spacial score (nSPS) is 25.2. The van der Waals surface area contributed by atoms with Gasteiger partial charge in [-0.05, 0) is 42.4 Å². The Morgan fingerprint density at radius 3 is 2.89 bits per heavy atom. The molecule has 0 spiro atoms. The number of carbonyl (C=O) groups is 1. The first-order valence-electron chi connectivity index (χ1n) is 9.96. The van der Waals surface area contributed by atoms with Crippen LogP contribution < -0.4 is 4.74 Å². The lowest BCUT2D eigenvalue weighted by Gasteiger charge is -2.46. The van der Waals surface area contributed by atoms with Gasteiger partial charge in [-0.3, -0.25) is 4.90 Å². The number of aliphatic hydroxyl groups excluding tert-OH is 1. The number of piperidine rings is 1. The molecule has 0 unspecified atom stereocenters. The van der Waals surface area contributed by atoms with Crippen LogP contribution in [0.15, 0.2) is 30.0 Å². The Morgan fingerprint density at radius 2 is 2.21 bits per heavy atom. The number of esters is 1. The molecule has 0 amide bonds. The van der Waals surface area contributed by atoms with Gasteiger partial charge in [0.05, 0.1) is 32.1 Å². The molecule has 150 valence electrons. The van der Waals surface area contributed by atoms with E-state index in [1.165, 1.54) is 23.8 Å². The number of ether oxygens (including phenoxy) is 2. The van der Waals surface area contributed by atoms with E-state index in [-0.39, 0.29) is 12.0 Å². The summed E-state index contributed by atoms with van der Waals surface area (Å²) >= 11 is 0. The minimum Gasteiger partial charge on any atom is -0.515 e. The third kappa shape index (κ3) is 2.87. The number of nitrogens with zero attached hydrogens (tertiary/aromatic N) is 1. The lowest BCUT2D eigenvalue weighted by molar-refractivity contribution is -0.137. The standard InChI is InChI=1S/C22H28N2O4/c1-4-13-11-24-9-8-14-20-17(6-5-7-19(20)27-2)23-21(14)18(24)10-15(13)16(12-25)22(26)28-3/h5-7,12-13,15,18,23,25H,4,8-11H2,1-3H3/b16-12+/t13-,15+,18+/m1/s1. The van der Waals surface area contributed by atoms with Crippen molar-refractivity contribution in [3.8, 4) is 5.75 Å². The predicted molar refractivity (Wildman–Crippen MR) is 107 cm³/mol. The van der Waals surface area contributed by atoms with Crippen molar-refractivity contribution in [2.45, 2.75) is 32.2 Å². The second kappa shape index (κ2) is 7.51. The highest BCUT2D eigenvalue weighted by Crippen LogP contribution is 2.46. The summed E-state index contributed by atoms with van der Waals surface area (Å²) in [7, 11) is 3.07. The van der Waals surface area contributed by atoms with Crippen molar-refractivity contribution in [1.29, 1.82) is 0 Å². The van der Waals surface area contributed by atoms with Crippen molar-refractivity contribution in [3.63, 3.8) is 0 Å². The number of nitrogens with one attached hydrogen (secondary N) is 1. The van der Waals surface area contributed by atoms with Crippen LogP contribution in [0.5, 0.6) is 5.75 Å². The molecular formula is C22H28N2O4. The average molecular weight is 384 g/mol.